The summed E-state index contributed by atoms with van der Waals surface area (Å²) in [6.07, 6.45) is 2.47. The van der Waals surface area contributed by atoms with Gasteiger partial charge in [0.25, 0.3) is 0 Å². The maximum atomic E-state index is 13.9. The maximum absolute atomic E-state index is 13.9. The molecule has 0 aromatic heterocycles. The smallest absolute Gasteiger partial charge is 0.246 e. The fourth-order valence-electron chi connectivity index (χ4n) is 2.69. The number of benzene rings is 1. The summed E-state index contributed by atoms with van der Waals surface area (Å²) in [6.45, 7) is 3.95. The molecule has 1 aliphatic rings. The van der Waals surface area contributed by atoms with Crippen LogP contribution in [0.1, 0.15) is 31.7 Å². The lowest BCUT2D eigenvalue weighted by atomic mass is 10.00. The molecule has 0 saturated carbocycles. The molecule has 1 aliphatic heterocycles. The molecular formula is C14H21FN2O2S. The predicted octanol–water partition coefficient (Wildman–Crippen LogP) is 2.02. The Bertz CT molecular complexity index is 587. The van der Waals surface area contributed by atoms with Crippen molar-refractivity contribution < 1.29 is 12.8 Å². The molecule has 0 aliphatic carbocycles. The first-order valence-electron chi connectivity index (χ1n) is 6.87. The zero-order chi connectivity index (χ0) is 14.9. The zero-order valence-corrected chi connectivity index (χ0v) is 12.7. The van der Waals surface area contributed by atoms with Gasteiger partial charge in [-0.05, 0) is 44.4 Å². The SMILES string of the molecule is Cc1ccc(F)c(S(=O)(=O)N2CCCC[C@@H]2[C@H](C)N)c1. The summed E-state index contributed by atoms with van der Waals surface area (Å²) >= 11 is 0. The maximum Gasteiger partial charge on any atom is 0.246 e. The third kappa shape index (κ3) is 2.87. The van der Waals surface area contributed by atoms with Gasteiger partial charge < -0.3 is 5.73 Å². The Morgan fingerprint density at radius 1 is 1.40 bits per heavy atom. The number of nitrogens with two attached hydrogens (primary N) is 1. The van der Waals surface area contributed by atoms with Crippen molar-refractivity contribution in [3.63, 3.8) is 0 Å². The van der Waals surface area contributed by atoms with Crippen LogP contribution in [0.3, 0.4) is 0 Å². The van der Waals surface area contributed by atoms with Gasteiger partial charge in [-0.2, -0.15) is 4.31 Å². The molecule has 4 nitrogen and oxygen atoms in total. The summed E-state index contributed by atoms with van der Waals surface area (Å²) in [5.74, 6) is -0.704. The Hall–Kier alpha value is -0.980. The van der Waals surface area contributed by atoms with Gasteiger partial charge in [0.2, 0.25) is 10.0 Å². The van der Waals surface area contributed by atoms with Crippen molar-refractivity contribution in [1.29, 1.82) is 0 Å². The van der Waals surface area contributed by atoms with E-state index in [1.54, 1.807) is 19.9 Å². The van der Waals surface area contributed by atoms with Gasteiger partial charge in [0.15, 0.2) is 0 Å². The van der Waals surface area contributed by atoms with E-state index in [9.17, 15) is 12.8 Å². The van der Waals surface area contributed by atoms with Crippen LogP contribution >= 0.6 is 0 Å². The molecule has 20 heavy (non-hydrogen) atoms. The lowest BCUT2D eigenvalue weighted by Crippen LogP contribution is -2.51. The van der Waals surface area contributed by atoms with Crippen molar-refractivity contribution in [1.82, 2.24) is 4.31 Å². The topological polar surface area (TPSA) is 63.4 Å². The summed E-state index contributed by atoms with van der Waals surface area (Å²) in [4.78, 5) is -0.245. The second kappa shape index (κ2) is 5.79. The second-order valence-electron chi connectivity index (χ2n) is 5.47. The Morgan fingerprint density at radius 3 is 2.75 bits per heavy atom. The van der Waals surface area contributed by atoms with Gasteiger partial charge in [-0.3, -0.25) is 0 Å². The molecule has 112 valence electrons. The van der Waals surface area contributed by atoms with Crippen LogP contribution in [-0.4, -0.2) is 31.4 Å². The van der Waals surface area contributed by atoms with Crippen LogP contribution in [0.15, 0.2) is 23.1 Å². The van der Waals surface area contributed by atoms with E-state index in [1.807, 2.05) is 0 Å². The van der Waals surface area contributed by atoms with Gasteiger partial charge in [-0.15, -0.1) is 0 Å². The van der Waals surface area contributed by atoms with Gasteiger partial charge >= 0.3 is 0 Å². The molecule has 1 aromatic carbocycles. The molecule has 0 unspecified atom stereocenters. The molecule has 2 rings (SSSR count). The Kier molecular flexibility index (Phi) is 4.46. The van der Waals surface area contributed by atoms with Gasteiger partial charge in [0, 0.05) is 18.6 Å². The number of sulfonamides is 1. The van der Waals surface area contributed by atoms with Crippen molar-refractivity contribution in [2.45, 2.75) is 50.1 Å². The average molecular weight is 300 g/mol. The fourth-order valence-corrected chi connectivity index (χ4v) is 4.61. The van der Waals surface area contributed by atoms with E-state index in [1.165, 1.54) is 16.4 Å². The lowest BCUT2D eigenvalue weighted by molar-refractivity contribution is 0.226. The first-order chi connectivity index (χ1) is 9.34. The monoisotopic (exact) mass is 300 g/mol. The van der Waals surface area contributed by atoms with Gasteiger partial charge in [0.1, 0.15) is 10.7 Å². The van der Waals surface area contributed by atoms with Gasteiger partial charge in [-0.1, -0.05) is 12.5 Å². The van der Waals surface area contributed by atoms with E-state index in [4.69, 9.17) is 5.73 Å². The summed E-state index contributed by atoms with van der Waals surface area (Å²) in [5, 5.41) is 0. The number of rotatable bonds is 3. The Balaban J connectivity index is 2.45. The Morgan fingerprint density at radius 2 is 2.10 bits per heavy atom. The van der Waals surface area contributed by atoms with Crippen molar-refractivity contribution in [3.8, 4) is 0 Å². The molecule has 0 spiro atoms. The third-order valence-electron chi connectivity index (χ3n) is 3.78. The highest BCUT2D eigenvalue weighted by atomic mass is 32.2. The average Bonchev–Trinajstić information content (AvgIpc) is 2.41. The van der Waals surface area contributed by atoms with Crippen molar-refractivity contribution >= 4 is 10.0 Å². The van der Waals surface area contributed by atoms with E-state index >= 15 is 0 Å². The largest absolute Gasteiger partial charge is 0.326 e. The molecule has 2 N–H and O–H groups in total. The Labute approximate surface area is 119 Å². The quantitative estimate of drug-likeness (QED) is 0.929. The zero-order valence-electron chi connectivity index (χ0n) is 11.8. The predicted molar refractivity (Wildman–Crippen MR) is 76.3 cm³/mol. The number of piperidine rings is 1. The number of halogens is 1. The minimum atomic E-state index is -3.83. The first kappa shape index (κ1) is 15.4. The highest BCUT2D eigenvalue weighted by Crippen LogP contribution is 2.28. The molecule has 6 heteroatoms. The van der Waals surface area contributed by atoms with Crippen LogP contribution in [0, 0.1) is 12.7 Å². The molecule has 1 aromatic rings. The summed E-state index contributed by atoms with van der Waals surface area (Å²) in [7, 11) is -3.83. The summed E-state index contributed by atoms with van der Waals surface area (Å²) in [6, 6.07) is 3.63. The summed E-state index contributed by atoms with van der Waals surface area (Å²) < 4.78 is 40.7. The van der Waals surface area contributed by atoms with E-state index in [2.05, 4.69) is 0 Å². The standard InChI is InChI=1S/C14H21FN2O2S/c1-10-6-7-12(15)14(9-10)20(18,19)17-8-4-3-5-13(17)11(2)16/h6-7,9,11,13H,3-5,8,16H2,1-2H3/t11-,13+/m0/s1. The van der Waals surface area contributed by atoms with Gasteiger partial charge in [0.05, 0.1) is 0 Å². The molecule has 1 heterocycles. The molecule has 1 fully saturated rings. The van der Waals surface area contributed by atoms with E-state index < -0.39 is 15.8 Å². The highest BCUT2D eigenvalue weighted by Gasteiger charge is 2.36. The minimum absolute atomic E-state index is 0.245. The second-order valence-corrected chi connectivity index (χ2v) is 7.33. The van der Waals surface area contributed by atoms with Crippen LogP contribution in [0.25, 0.3) is 0 Å². The van der Waals surface area contributed by atoms with Crippen molar-refractivity contribution in [3.05, 3.63) is 29.6 Å². The normalized spacial score (nSPS) is 22.7. The molecule has 0 radical (unpaired) electrons. The van der Waals surface area contributed by atoms with Crippen LogP contribution in [0.4, 0.5) is 4.39 Å². The lowest BCUT2D eigenvalue weighted by Gasteiger charge is -2.36. The van der Waals surface area contributed by atoms with Crippen LogP contribution in [0.5, 0.6) is 0 Å². The molecule has 0 bridgehead atoms. The van der Waals surface area contributed by atoms with E-state index in [0.717, 1.165) is 24.8 Å². The van der Waals surface area contributed by atoms with Crippen LogP contribution < -0.4 is 5.73 Å². The fraction of sp³-hybridized carbons (Fsp3) is 0.571. The van der Waals surface area contributed by atoms with E-state index in [0.29, 0.717) is 6.54 Å². The van der Waals surface area contributed by atoms with Crippen molar-refractivity contribution in [2.24, 2.45) is 5.73 Å². The minimum Gasteiger partial charge on any atom is -0.326 e. The van der Waals surface area contributed by atoms with Gasteiger partial charge in [-0.25, -0.2) is 12.8 Å². The van der Waals surface area contributed by atoms with Crippen molar-refractivity contribution in [2.75, 3.05) is 6.54 Å². The van der Waals surface area contributed by atoms with Crippen LogP contribution in [0.2, 0.25) is 0 Å². The van der Waals surface area contributed by atoms with Crippen LogP contribution in [-0.2, 0) is 10.0 Å². The molecule has 0 amide bonds. The molecule has 1 saturated heterocycles. The third-order valence-corrected chi connectivity index (χ3v) is 5.72. The van der Waals surface area contributed by atoms with E-state index in [-0.39, 0.29) is 17.0 Å². The number of nitrogens with zero attached hydrogens (tertiary/aromatic N) is 1. The number of hydrogen-bond acceptors (Lipinski definition) is 3. The number of hydrogen-bond donors (Lipinski definition) is 1. The summed E-state index contributed by atoms with van der Waals surface area (Å²) in [5.41, 5.74) is 6.62. The first-order valence-corrected chi connectivity index (χ1v) is 8.31. The molecule has 2 atom stereocenters. The molecular weight excluding hydrogens is 279 g/mol. The highest BCUT2D eigenvalue weighted by molar-refractivity contribution is 7.89. The number of aryl methyl sites for hydroxylation is 1.